The van der Waals surface area contributed by atoms with Gasteiger partial charge in [-0.15, -0.1) is 0 Å². The first kappa shape index (κ1) is 13.1. The molecule has 96 valence electrons. The first-order valence-corrected chi connectivity index (χ1v) is 7.16. The summed E-state index contributed by atoms with van der Waals surface area (Å²) in [5.74, 6) is 0. The fraction of sp³-hybridized carbons (Fsp3) is 0.769. The van der Waals surface area contributed by atoms with Crippen LogP contribution >= 0.6 is 15.9 Å². The largest absolute Gasteiger partial charge is 0.383 e. The van der Waals surface area contributed by atoms with Crippen LogP contribution in [0, 0.1) is 5.41 Å². The van der Waals surface area contributed by atoms with Crippen LogP contribution < -0.4 is 0 Å². The Morgan fingerprint density at radius 3 is 2.65 bits per heavy atom. The predicted octanol–water partition coefficient (Wildman–Crippen LogP) is 3.45. The fourth-order valence-electron chi connectivity index (χ4n) is 2.95. The Morgan fingerprint density at radius 1 is 1.41 bits per heavy atom. The molecule has 1 aliphatic rings. The maximum Gasteiger partial charge on any atom is 0.112 e. The van der Waals surface area contributed by atoms with E-state index >= 15 is 0 Å². The Balaban J connectivity index is 2.52. The van der Waals surface area contributed by atoms with Crippen LogP contribution in [0.25, 0.3) is 0 Å². The zero-order valence-corrected chi connectivity index (χ0v) is 12.4. The van der Waals surface area contributed by atoms with Gasteiger partial charge in [-0.1, -0.05) is 26.7 Å². The summed E-state index contributed by atoms with van der Waals surface area (Å²) in [6.45, 7) is 7.17. The molecule has 2 rings (SSSR count). The molecule has 0 radical (unpaired) electrons. The molecule has 1 aromatic heterocycles. The number of halogens is 1. The molecule has 0 saturated heterocycles. The van der Waals surface area contributed by atoms with Gasteiger partial charge in [0.15, 0.2) is 0 Å². The van der Waals surface area contributed by atoms with E-state index < -0.39 is 5.60 Å². The van der Waals surface area contributed by atoms with Gasteiger partial charge >= 0.3 is 0 Å². The molecule has 1 aliphatic carbocycles. The lowest BCUT2D eigenvalue weighted by molar-refractivity contribution is -0.110. The topological polar surface area (TPSA) is 38.0 Å². The number of rotatable bonds is 2. The number of hydrogen-bond acceptors (Lipinski definition) is 2. The highest BCUT2D eigenvalue weighted by Gasteiger charge is 2.49. The maximum atomic E-state index is 11.2. The van der Waals surface area contributed by atoms with Crippen molar-refractivity contribution in [2.75, 3.05) is 0 Å². The maximum absolute atomic E-state index is 11.2. The third kappa shape index (κ3) is 1.95. The van der Waals surface area contributed by atoms with E-state index in [9.17, 15) is 5.11 Å². The average Bonchev–Trinajstić information content (AvgIpc) is 2.64. The summed E-state index contributed by atoms with van der Waals surface area (Å²) in [7, 11) is 0. The van der Waals surface area contributed by atoms with Crippen LogP contribution in [0.15, 0.2) is 10.7 Å². The summed E-state index contributed by atoms with van der Waals surface area (Å²) >= 11 is 3.54. The minimum Gasteiger partial charge on any atom is -0.383 e. The van der Waals surface area contributed by atoms with E-state index in [-0.39, 0.29) is 5.41 Å². The van der Waals surface area contributed by atoms with Crippen molar-refractivity contribution in [2.24, 2.45) is 5.41 Å². The van der Waals surface area contributed by atoms with E-state index in [1.807, 2.05) is 4.68 Å². The van der Waals surface area contributed by atoms with Crippen molar-refractivity contribution in [3.8, 4) is 0 Å². The van der Waals surface area contributed by atoms with E-state index in [2.05, 4.69) is 41.8 Å². The molecule has 1 unspecified atom stereocenters. The van der Waals surface area contributed by atoms with Crippen LogP contribution in [-0.2, 0) is 12.1 Å². The highest BCUT2D eigenvalue weighted by Crippen LogP contribution is 2.51. The van der Waals surface area contributed by atoms with Crippen LogP contribution in [0.2, 0.25) is 0 Å². The zero-order valence-electron chi connectivity index (χ0n) is 10.8. The number of aliphatic hydroxyl groups is 1. The number of hydrogen-bond donors (Lipinski definition) is 1. The second kappa shape index (κ2) is 4.39. The van der Waals surface area contributed by atoms with Crippen molar-refractivity contribution < 1.29 is 5.11 Å². The quantitative estimate of drug-likeness (QED) is 0.908. The third-order valence-corrected chi connectivity index (χ3v) is 4.78. The van der Waals surface area contributed by atoms with Crippen molar-refractivity contribution in [1.82, 2.24) is 9.78 Å². The van der Waals surface area contributed by atoms with Gasteiger partial charge in [0, 0.05) is 6.54 Å². The molecule has 1 atom stereocenters. The molecular weight excluding hydrogens is 280 g/mol. The van der Waals surface area contributed by atoms with Crippen LogP contribution in [0.3, 0.4) is 0 Å². The smallest absolute Gasteiger partial charge is 0.112 e. The monoisotopic (exact) mass is 300 g/mol. The molecule has 4 heteroatoms. The first-order chi connectivity index (χ1) is 7.92. The highest BCUT2D eigenvalue weighted by atomic mass is 79.9. The molecule has 1 saturated carbocycles. The van der Waals surface area contributed by atoms with Gasteiger partial charge in [-0.05, 0) is 41.1 Å². The van der Waals surface area contributed by atoms with E-state index in [1.54, 1.807) is 6.20 Å². The zero-order chi connectivity index (χ0) is 12.7. The van der Waals surface area contributed by atoms with E-state index in [4.69, 9.17) is 0 Å². The van der Waals surface area contributed by atoms with Crippen molar-refractivity contribution in [3.05, 3.63) is 16.4 Å². The highest BCUT2D eigenvalue weighted by molar-refractivity contribution is 9.10. The standard InChI is InChI=1S/C13H21BrN2O/c1-4-16-11(10(14)9-15-16)13(17)8-6-5-7-12(13,2)3/h9,17H,4-8H2,1-3H3. The fourth-order valence-corrected chi connectivity index (χ4v) is 3.57. The Kier molecular flexibility index (Phi) is 3.38. The summed E-state index contributed by atoms with van der Waals surface area (Å²) in [6.07, 6.45) is 5.96. The second-order valence-corrected chi connectivity index (χ2v) is 6.46. The summed E-state index contributed by atoms with van der Waals surface area (Å²) < 4.78 is 2.84. The number of aryl methyl sites for hydroxylation is 1. The van der Waals surface area contributed by atoms with Crippen molar-refractivity contribution in [3.63, 3.8) is 0 Å². The lowest BCUT2D eigenvalue weighted by atomic mass is 9.64. The summed E-state index contributed by atoms with van der Waals surface area (Å²) in [6, 6.07) is 0. The molecule has 17 heavy (non-hydrogen) atoms. The molecule has 1 aromatic rings. The van der Waals surface area contributed by atoms with Gasteiger partial charge in [0.1, 0.15) is 5.60 Å². The van der Waals surface area contributed by atoms with Gasteiger partial charge in [-0.2, -0.15) is 5.10 Å². The average molecular weight is 301 g/mol. The van der Waals surface area contributed by atoms with Gasteiger partial charge in [-0.3, -0.25) is 4.68 Å². The lowest BCUT2D eigenvalue weighted by Gasteiger charge is -2.46. The molecule has 1 fully saturated rings. The van der Waals surface area contributed by atoms with Crippen molar-refractivity contribution in [2.45, 2.75) is 58.6 Å². The Bertz CT molecular complexity index is 414. The third-order valence-electron chi connectivity index (χ3n) is 4.20. The summed E-state index contributed by atoms with van der Waals surface area (Å²) in [5, 5.41) is 15.5. The normalized spacial score (nSPS) is 28.3. The van der Waals surface area contributed by atoms with E-state index in [1.165, 1.54) is 6.42 Å². The molecular formula is C13H21BrN2O. The molecule has 0 spiro atoms. The minimum absolute atomic E-state index is 0.0965. The molecule has 0 bridgehead atoms. The van der Waals surface area contributed by atoms with Gasteiger partial charge in [-0.25, -0.2) is 0 Å². The van der Waals surface area contributed by atoms with Crippen molar-refractivity contribution in [1.29, 1.82) is 0 Å². The van der Waals surface area contributed by atoms with Gasteiger partial charge in [0.05, 0.1) is 16.4 Å². The molecule has 1 heterocycles. The Morgan fingerprint density at radius 2 is 2.06 bits per heavy atom. The van der Waals surface area contributed by atoms with Gasteiger partial charge in [0.2, 0.25) is 0 Å². The van der Waals surface area contributed by atoms with Crippen LogP contribution in [-0.4, -0.2) is 14.9 Å². The molecule has 1 N–H and O–H groups in total. The SMILES string of the molecule is CCn1ncc(Br)c1C1(O)CCCCC1(C)C. The summed E-state index contributed by atoms with van der Waals surface area (Å²) in [5.41, 5.74) is 0.0850. The minimum atomic E-state index is -0.767. The predicted molar refractivity (Wildman–Crippen MR) is 71.7 cm³/mol. The lowest BCUT2D eigenvalue weighted by Crippen LogP contribution is -2.46. The summed E-state index contributed by atoms with van der Waals surface area (Å²) in [4.78, 5) is 0. The first-order valence-electron chi connectivity index (χ1n) is 6.36. The molecule has 0 amide bonds. The van der Waals surface area contributed by atoms with Gasteiger partial charge < -0.3 is 5.11 Å². The van der Waals surface area contributed by atoms with Crippen LogP contribution in [0.4, 0.5) is 0 Å². The van der Waals surface area contributed by atoms with E-state index in [0.29, 0.717) is 0 Å². The van der Waals surface area contributed by atoms with Crippen molar-refractivity contribution >= 4 is 15.9 Å². The van der Waals surface area contributed by atoms with Gasteiger partial charge in [0.25, 0.3) is 0 Å². The Labute approximate surface area is 111 Å². The number of aromatic nitrogens is 2. The number of nitrogens with zero attached hydrogens (tertiary/aromatic N) is 2. The molecule has 0 aliphatic heterocycles. The Hall–Kier alpha value is -0.350. The molecule has 3 nitrogen and oxygen atoms in total. The second-order valence-electron chi connectivity index (χ2n) is 5.61. The van der Waals surface area contributed by atoms with Crippen LogP contribution in [0.1, 0.15) is 52.1 Å². The van der Waals surface area contributed by atoms with E-state index in [0.717, 1.165) is 36.0 Å². The molecule has 0 aromatic carbocycles. The van der Waals surface area contributed by atoms with Crippen LogP contribution in [0.5, 0.6) is 0 Å².